The molecule has 0 amide bonds. The van der Waals surface area contributed by atoms with E-state index < -0.39 is 15.6 Å². The summed E-state index contributed by atoms with van der Waals surface area (Å²) in [5.41, 5.74) is 2.18. The van der Waals surface area contributed by atoms with Gasteiger partial charge in [0.2, 0.25) is 15.9 Å². The van der Waals surface area contributed by atoms with Gasteiger partial charge in [0.25, 0.3) is 0 Å². The van der Waals surface area contributed by atoms with Crippen LogP contribution in [0.2, 0.25) is 0 Å². The van der Waals surface area contributed by atoms with E-state index in [2.05, 4.69) is 15.1 Å². The van der Waals surface area contributed by atoms with Crippen LogP contribution in [-0.4, -0.2) is 56.2 Å². The van der Waals surface area contributed by atoms with Gasteiger partial charge in [-0.15, -0.1) is 0 Å². The van der Waals surface area contributed by atoms with E-state index in [-0.39, 0.29) is 23.1 Å². The van der Waals surface area contributed by atoms with Crippen LogP contribution in [0.25, 0.3) is 22.6 Å². The molecule has 0 unspecified atom stereocenters. The molecule has 2 aromatic carbocycles. The second-order valence-electron chi connectivity index (χ2n) is 9.19. The normalized spacial score (nSPS) is 15.6. The van der Waals surface area contributed by atoms with E-state index in [0.29, 0.717) is 48.8 Å². The van der Waals surface area contributed by atoms with Gasteiger partial charge in [0.1, 0.15) is 18.1 Å². The fraction of sp³-hybridized carbons (Fsp3) is 0.250. The molecule has 208 valence electrons. The molecule has 4 aromatic rings. The molecule has 1 saturated heterocycles. The molecule has 0 bridgehead atoms. The monoisotopic (exact) mass is 564 g/mol. The van der Waals surface area contributed by atoms with Crippen LogP contribution in [0.5, 0.6) is 5.75 Å². The standard InChI is InChI=1S/C28H28N4O7S/c1-36-28(11-13-37-14-12-28)21-15-22(17-30-16-21)38-18-24(32-33)27-31-25(19-5-3-2-4-6-19)26(39-27)20-7-9-23(10-8-20)40(29,34)35/h2-10,15-17,33H,11-14,18H2,1H3,(H2,29,34,35)/b32-24+. The molecule has 3 heterocycles. The number of rotatable bonds is 9. The van der Waals surface area contributed by atoms with Gasteiger partial charge in [-0.25, -0.2) is 18.5 Å². The first-order chi connectivity index (χ1) is 19.3. The lowest BCUT2D eigenvalue weighted by atomic mass is 9.87. The topological polar surface area (TPSA) is 159 Å². The third kappa shape index (κ3) is 5.75. The minimum atomic E-state index is -3.86. The number of oxazole rings is 1. The largest absolute Gasteiger partial charge is 0.485 e. The van der Waals surface area contributed by atoms with Crippen LogP contribution in [0.15, 0.2) is 87.5 Å². The van der Waals surface area contributed by atoms with Crippen LogP contribution in [0.4, 0.5) is 0 Å². The van der Waals surface area contributed by atoms with Crippen LogP contribution >= 0.6 is 0 Å². The van der Waals surface area contributed by atoms with E-state index >= 15 is 0 Å². The minimum Gasteiger partial charge on any atom is -0.485 e. The van der Waals surface area contributed by atoms with Crippen LogP contribution in [-0.2, 0) is 25.1 Å². The summed E-state index contributed by atoms with van der Waals surface area (Å²) < 4.78 is 46.7. The van der Waals surface area contributed by atoms with Gasteiger partial charge in [-0.05, 0) is 30.3 Å². The summed E-state index contributed by atoms with van der Waals surface area (Å²) in [6.45, 7) is 1.01. The predicted octanol–water partition coefficient (Wildman–Crippen LogP) is 3.96. The lowest BCUT2D eigenvalue weighted by Gasteiger charge is -2.36. The second kappa shape index (κ2) is 11.6. The maximum absolute atomic E-state index is 11.7. The Hall–Kier alpha value is -4.10. The van der Waals surface area contributed by atoms with Crippen LogP contribution in [0.1, 0.15) is 24.3 Å². The Labute approximate surface area is 231 Å². The molecule has 1 aliphatic rings. The molecule has 0 saturated carbocycles. The highest BCUT2D eigenvalue weighted by atomic mass is 32.2. The van der Waals surface area contributed by atoms with Crippen molar-refractivity contribution in [3.8, 4) is 28.3 Å². The van der Waals surface area contributed by atoms with E-state index in [1.807, 2.05) is 36.4 Å². The average Bonchev–Trinajstić information content (AvgIpc) is 3.43. The first kappa shape index (κ1) is 27.5. The van der Waals surface area contributed by atoms with E-state index in [1.54, 1.807) is 31.6 Å². The molecule has 0 atom stereocenters. The van der Waals surface area contributed by atoms with Crippen molar-refractivity contribution in [3.05, 3.63) is 84.5 Å². The van der Waals surface area contributed by atoms with E-state index in [0.717, 1.165) is 11.1 Å². The zero-order valence-electron chi connectivity index (χ0n) is 21.7. The number of primary sulfonamides is 1. The Morgan fingerprint density at radius 1 is 1.07 bits per heavy atom. The quantitative estimate of drug-likeness (QED) is 0.174. The Balaban J connectivity index is 1.43. The first-order valence-corrected chi connectivity index (χ1v) is 14.0. The lowest BCUT2D eigenvalue weighted by molar-refractivity contribution is -0.0950. The van der Waals surface area contributed by atoms with Gasteiger partial charge >= 0.3 is 0 Å². The predicted molar refractivity (Wildman–Crippen MR) is 146 cm³/mol. The number of oxime groups is 1. The van der Waals surface area contributed by atoms with Gasteiger partial charge in [-0.1, -0.05) is 35.5 Å². The molecular formula is C28H28N4O7S. The van der Waals surface area contributed by atoms with Gasteiger partial charge in [-0.2, -0.15) is 0 Å². The fourth-order valence-electron chi connectivity index (χ4n) is 4.57. The molecule has 1 fully saturated rings. The van der Waals surface area contributed by atoms with Crippen molar-refractivity contribution in [1.82, 2.24) is 9.97 Å². The lowest BCUT2D eigenvalue weighted by Crippen LogP contribution is -2.35. The molecule has 0 aliphatic carbocycles. The fourth-order valence-corrected chi connectivity index (χ4v) is 5.09. The molecule has 5 rings (SSSR count). The summed E-state index contributed by atoms with van der Waals surface area (Å²) in [6, 6.07) is 17.1. The highest BCUT2D eigenvalue weighted by Crippen LogP contribution is 2.37. The number of nitrogens with two attached hydrogens (primary N) is 1. The summed E-state index contributed by atoms with van der Waals surface area (Å²) >= 11 is 0. The summed E-state index contributed by atoms with van der Waals surface area (Å²) in [4.78, 5) is 8.88. The Bertz CT molecular complexity index is 1600. The number of aromatic nitrogens is 2. The van der Waals surface area contributed by atoms with Crippen molar-refractivity contribution in [2.24, 2.45) is 10.3 Å². The van der Waals surface area contributed by atoms with Crippen LogP contribution in [0, 0.1) is 0 Å². The van der Waals surface area contributed by atoms with Gasteiger partial charge in [-0.3, -0.25) is 4.98 Å². The van der Waals surface area contributed by atoms with Crippen molar-refractivity contribution in [2.45, 2.75) is 23.3 Å². The summed E-state index contributed by atoms with van der Waals surface area (Å²) in [5.74, 6) is 0.845. The number of hydrogen-bond acceptors (Lipinski definition) is 10. The van der Waals surface area contributed by atoms with Crippen LogP contribution in [0.3, 0.4) is 0 Å². The van der Waals surface area contributed by atoms with Crippen molar-refractivity contribution in [1.29, 1.82) is 0 Å². The smallest absolute Gasteiger partial charge is 0.249 e. The molecular weight excluding hydrogens is 536 g/mol. The number of methoxy groups -OCH3 is 1. The molecule has 0 spiro atoms. The number of benzene rings is 2. The van der Waals surface area contributed by atoms with Gasteiger partial charge in [0, 0.05) is 56.1 Å². The van der Waals surface area contributed by atoms with Gasteiger partial charge < -0.3 is 23.8 Å². The van der Waals surface area contributed by atoms with Crippen molar-refractivity contribution in [2.75, 3.05) is 26.9 Å². The number of pyridine rings is 1. The summed E-state index contributed by atoms with van der Waals surface area (Å²) in [7, 11) is -2.19. The van der Waals surface area contributed by atoms with E-state index in [1.165, 1.54) is 12.1 Å². The molecule has 2 aromatic heterocycles. The molecule has 3 N–H and O–H groups in total. The third-order valence-electron chi connectivity index (χ3n) is 6.79. The SMILES string of the molecule is COC1(c2cncc(OC/C(=N\O)c3nc(-c4ccccc4)c(-c4ccc(S(N)(=O)=O)cc4)o3)c2)CCOCC1. The zero-order chi connectivity index (χ0) is 28.2. The molecule has 11 nitrogen and oxygen atoms in total. The van der Waals surface area contributed by atoms with Gasteiger partial charge in [0.05, 0.1) is 16.7 Å². The Morgan fingerprint density at radius 3 is 2.45 bits per heavy atom. The third-order valence-corrected chi connectivity index (χ3v) is 7.72. The zero-order valence-corrected chi connectivity index (χ0v) is 22.5. The van der Waals surface area contributed by atoms with Crippen molar-refractivity contribution >= 4 is 15.7 Å². The average molecular weight is 565 g/mol. The van der Waals surface area contributed by atoms with Gasteiger partial charge in [0.15, 0.2) is 11.5 Å². The number of ether oxygens (including phenoxy) is 3. The van der Waals surface area contributed by atoms with Crippen molar-refractivity contribution in [3.63, 3.8) is 0 Å². The minimum absolute atomic E-state index is 0.0323. The maximum atomic E-state index is 11.7. The van der Waals surface area contributed by atoms with Crippen LogP contribution < -0.4 is 9.88 Å². The summed E-state index contributed by atoms with van der Waals surface area (Å²) in [5, 5.41) is 18.5. The number of sulfonamides is 1. The Kier molecular flexibility index (Phi) is 7.94. The molecule has 12 heteroatoms. The molecule has 0 radical (unpaired) electrons. The summed E-state index contributed by atoms with van der Waals surface area (Å²) in [6.07, 6.45) is 4.69. The number of nitrogens with zero attached hydrogens (tertiary/aromatic N) is 3. The van der Waals surface area contributed by atoms with E-state index in [4.69, 9.17) is 23.8 Å². The second-order valence-corrected chi connectivity index (χ2v) is 10.7. The number of hydrogen-bond donors (Lipinski definition) is 2. The highest BCUT2D eigenvalue weighted by Gasteiger charge is 2.35. The maximum Gasteiger partial charge on any atom is 0.249 e. The molecule has 1 aliphatic heterocycles. The molecule has 40 heavy (non-hydrogen) atoms. The highest BCUT2D eigenvalue weighted by molar-refractivity contribution is 7.89. The van der Waals surface area contributed by atoms with E-state index in [9.17, 15) is 13.6 Å². The first-order valence-electron chi connectivity index (χ1n) is 12.4. The van der Waals surface area contributed by atoms with Crippen molar-refractivity contribution < 1.29 is 32.3 Å². The Morgan fingerprint density at radius 2 is 1.80 bits per heavy atom.